The monoisotopic (exact) mass is 306 g/mol. The highest BCUT2D eigenvalue weighted by molar-refractivity contribution is 5.94. The Kier molecular flexibility index (Phi) is 6.40. The Morgan fingerprint density at radius 2 is 2.00 bits per heavy atom. The molecule has 0 heterocycles. The highest BCUT2D eigenvalue weighted by atomic mass is 16.5. The number of carbonyl (C=O) groups is 1. The Bertz CT molecular complexity index is 472. The summed E-state index contributed by atoms with van der Waals surface area (Å²) >= 11 is 0. The Hall–Kier alpha value is -1.39. The van der Waals surface area contributed by atoms with Gasteiger partial charge in [0.25, 0.3) is 0 Å². The molecule has 2 rings (SSSR count). The second-order valence-electron chi connectivity index (χ2n) is 6.44. The van der Waals surface area contributed by atoms with E-state index >= 15 is 0 Å². The first-order valence-corrected chi connectivity index (χ1v) is 8.31. The van der Waals surface area contributed by atoms with Gasteiger partial charge in [0.1, 0.15) is 25.0 Å². The molecule has 3 atom stereocenters. The third kappa shape index (κ3) is 5.11. The summed E-state index contributed by atoms with van der Waals surface area (Å²) in [7, 11) is 0. The van der Waals surface area contributed by atoms with E-state index in [0.29, 0.717) is 23.9 Å². The number of ether oxygens (including phenoxy) is 1. The van der Waals surface area contributed by atoms with Crippen molar-refractivity contribution in [2.75, 3.05) is 13.2 Å². The topological polar surface area (TPSA) is 63.1 Å². The summed E-state index contributed by atoms with van der Waals surface area (Å²) in [5, 5.41) is 12.3. The average molecular weight is 306 g/mol. The van der Waals surface area contributed by atoms with Crippen molar-refractivity contribution in [2.45, 2.75) is 51.7 Å². The number of carbonyl (C=O) groups excluding carboxylic acids is 1. The number of aliphatic hydroxyl groups excluding tert-OH is 1. The number of hydrogen-bond donors (Lipinski definition) is 2. The standard InChI is InChI=1S/C18H27NO3/c1-13-5-3-4-6-18(13)19-11-16(21)12-22-17-9-7-15(8-10-17)14(2)20/h7-10,13,16,18-19,21H,3-6,11-12H2,1-2H3/p+1/t13-,16+,18-/m1/s1. The smallest absolute Gasteiger partial charge is 0.159 e. The SMILES string of the molecule is CC(=O)c1ccc(OC[C@@H](O)C[NH2+][C@@H]2CCCC[C@H]2C)cc1. The molecule has 1 aromatic carbocycles. The van der Waals surface area contributed by atoms with Crippen LogP contribution in [0.2, 0.25) is 0 Å². The molecule has 1 aliphatic carbocycles. The van der Waals surface area contributed by atoms with Gasteiger partial charge in [0.15, 0.2) is 5.78 Å². The van der Waals surface area contributed by atoms with E-state index in [4.69, 9.17) is 4.74 Å². The molecule has 0 aliphatic heterocycles. The minimum absolute atomic E-state index is 0.0442. The normalized spacial score (nSPS) is 23.0. The lowest BCUT2D eigenvalue weighted by Crippen LogP contribution is -2.93. The largest absolute Gasteiger partial charge is 0.491 e. The molecule has 1 fully saturated rings. The quantitative estimate of drug-likeness (QED) is 0.755. The van der Waals surface area contributed by atoms with Crippen LogP contribution in [0.1, 0.15) is 49.9 Å². The van der Waals surface area contributed by atoms with E-state index in [1.165, 1.54) is 25.7 Å². The maximum Gasteiger partial charge on any atom is 0.159 e. The second-order valence-corrected chi connectivity index (χ2v) is 6.44. The number of benzene rings is 1. The van der Waals surface area contributed by atoms with Gasteiger partial charge in [-0.15, -0.1) is 0 Å². The lowest BCUT2D eigenvalue weighted by atomic mass is 9.86. The van der Waals surface area contributed by atoms with Gasteiger partial charge in [0.2, 0.25) is 0 Å². The van der Waals surface area contributed by atoms with Crippen molar-refractivity contribution in [1.82, 2.24) is 0 Å². The molecule has 0 radical (unpaired) electrons. The van der Waals surface area contributed by atoms with E-state index in [-0.39, 0.29) is 12.4 Å². The van der Waals surface area contributed by atoms with Crippen molar-refractivity contribution in [3.63, 3.8) is 0 Å². The van der Waals surface area contributed by atoms with Crippen molar-refractivity contribution >= 4 is 5.78 Å². The van der Waals surface area contributed by atoms with Crippen LogP contribution in [0.4, 0.5) is 0 Å². The highest BCUT2D eigenvalue weighted by Crippen LogP contribution is 2.21. The van der Waals surface area contributed by atoms with Gasteiger partial charge in [-0.1, -0.05) is 13.3 Å². The molecule has 0 aromatic heterocycles. The minimum atomic E-state index is -0.471. The van der Waals surface area contributed by atoms with Crippen LogP contribution in [0.25, 0.3) is 0 Å². The molecule has 0 bridgehead atoms. The first kappa shape index (κ1) is 17.0. The van der Waals surface area contributed by atoms with Crippen molar-refractivity contribution in [3.8, 4) is 5.75 Å². The summed E-state index contributed by atoms with van der Waals surface area (Å²) in [6, 6.07) is 7.69. The molecule has 0 saturated heterocycles. The van der Waals surface area contributed by atoms with Crippen LogP contribution < -0.4 is 10.1 Å². The maximum atomic E-state index is 11.2. The zero-order valence-electron chi connectivity index (χ0n) is 13.6. The summed E-state index contributed by atoms with van der Waals surface area (Å²) in [4.78, 5) is 11.2. The number of aliphatic hydroxyl groups is 1. The predicted molar refractivity (Wildman–Crippen MR) is 86.2 cm³/mol. The fourth-order valence-electron chi connectivity index (χ4n) is 3.07. The molecule has 0 spiro atoms. The second kappa shape index (κ2) is 8.30. The van der Waals surface area contributed by atoms with Crippen LogP contribution in [-0.4, -0.2) is 36.2 Å². The molecule has 1 saturated carbocycles. The van der Waals surface area contributed by atoms with Crippen LogP contribution in [0.3, 0.4) is 0 Å². The molecule has 3 N–H and O–H groups in total. The first-order chi connectivity index (χ1) is 10.6. The highest BCUT2D eigenvalue weighted by Gasteiger charge is 2.24. The van der Waals surface area contributed by atoms with Gasteiger partial charge in [-0.25, -0.2) is 0 Å². The lowest BCUT2D eigenvalue weighted by Gasteiger charge is -2.27. The van der Waals surface area contributed by atoms with E-state index in [2.05, 4.69) is 12.2 Å². The Labute approximate surface area is 132 Å². The van der Waals surface area contributed by atoms with Crippen LogP contribution >= 0.6 is 0 Å². The summed E-state index contributed by atoms with van der Waals surface area (Å²) in [5.74, 6) is 1.47. The number of nitrogens with two attached hydrogens (primary N) is 1. The van der Waals surface area contributed by atoms with Gasteiger partial charge in [-0.05, 0) is 50.5 Å². The molecule has 1 aromatic rings. The molecule has 0 amide bonds. The predicted octanol–water partition coefficient (Wildman–Crippen LogP) is 1.77. The molecule has 4 heteroatoms. The van der Waals surface area contributed by atoms with Crippen LogP contribution in [0.15, 0.2) is 24.3 Å². The maximum absolute atomic E-state index is 11.2. The van der Waals surface area contributed by atoms with Gasteiger partial charge in [0.05, 0.1) is 6.04 Å². The Morgan fingerprint density at radius 3 is 2.64 bits per heavy atom. The zero-order chi connectivity index (χ0) is 15.9. The number of rotatable bonds is 7. The molecule has 122 valence electrons. The van der Waals surface area contributed by atoms with Gasteiger partial charge >= 0.3 is 0 Å². The summed E-state index contributed by atoms with van der Waals surface area (Å²) < 4.78 is 5.59. The van der Waals surface area contributed by atoms with E-state index in [9.17, 15) is 9.90 Å². The van der Waals surface area contributed by atoms with Crippen LogP contribution in [0.5, 0.6) is 5.75 Å². The fourth-order valence-corrected chi connectivity index (χ4v) is 3.07. The van der Waals surface area contributed by atoms with Gasteiger partial charge in [0, 0.05) is 11.5 Å². The van der Waals surface area contributed by atoms with Gasteiger partial charge < -0.3 is 15.2 Å². The summed E-state index contributed by atoms with van der Waals surface area (Å²) in [6.45, 7) is 4.82. The minimum Gasteiger partial charge on any atom is -0.491 e. The van der Waals surface area contributed by atoms with Crippen molar-refractivity contribution in [2.24, 2.45) is 5.92 Å². The Morgan fingerprint density at radius 1 is 1.32 bits per heavy atom. The third-order valence-corrected chi connectivity index (χ3v) is 4.59. The van der Waals surface area contributed by atoms with Crippen LogP contribution in [0, 0.1) is 5.92 Å². The molecular weight excluding hydrogens is 278 g/mol. The van der Waals surface area contributed by atoms with E-state index in [1.807, 2.05) is 0 Å². The fraction of sp³-hybridized carbons (Fsp3) is 0.611. The Balaban J connectivity index is 1.70. The van der Waals surface area contributed by atoms with Crippen molar-refractivity contribution in [1.29, 1.82) is 0 Å². The lowest BCUT2D eigenvalue weighted by molar-refractivity contribution is -0.703. The van der Waals surface area contributed by atoms with E-state index < -0.39 is 6.10 Å². The number of Topliss-reactive ketones (excluding diaryl/α,β-unsaturated/α-hetero) is 1. The summed E-state index contributed by atoms with van der Waals surface area (Å²) in [5.41, 5.74) is 0.674. The van der Waals surface area contributed by atoms with Gasteiger partial charge in [-0.3, -0.25) is 4.79 Å². The van der Waals surface area contributed by atoms with E-state index in [1.54, 1.807) is 31.2 Å². The number of quaternary nitrogens is 1. The van der Waals surface area contributed by atoms with Crippen LogP contribution in [-0.2, 0) is 0 Å². The number of ketones is 1. The van der Waals surface area contributed by atoms with E-state index in [0.717, 1.165) is 5.92 Å². The molecule has 0 unspecified atom stereocenters. The molecule has 1 aliphatic rings. The molecule has 4 nitrogen and oxygen atoms in total. The molecule has 22 heavy (non-hydrogen) atoms. The zero-order valence-corrected chi connectivity index (χ0v) is 13.6. The third-order valence-electron chi connectivity index (χ3n) is 4.59. The molecular formula is C18H28NO3+. The van der Waals surface area contributed by atoms with Crippen molar-refractivity contribution in [3.05, 3.63) is 29.8 Å². The first-order valence-electron chi connectivity index (χ1n) is 8.31. The number of hydrogen-bond acceptors (Lipinski definition) is 3. The summed E-state index contributed by atoms with van der Waals surface area (Å²) in [6.07, 6.45) is 4.73. The average Bonchev–Trinajstić information content (AvgIpc) is 2.52. The van der Waals surface area contributed by atoms with Gasteiger partial charge in [-0.2, -0.15) is 0 Å². The van der Waals surface area contributed by atoms with Crippen molar-refractivity contribution < 1.29 is 20.0 Å².